The molecule has 2 aliphatic carbocycles. The summed E-state index contributed by atoms with van der Waals surface area (Å²) in [7, 11) is 0. The van der Waals surface area contributed by atoms with Gasteiger partial charge in [0, 0.05) is 24.7 Å². The van der Waals surface area contributed by atoms with Crippen LogP contribution in [0.5, 0.6) is 0 Å². The van der Waals surface area contributed by atoms with E-state index >= 15 is 0 Å². The lowest BCUT2D eigenvalue weighted by Crippen LogP contribution is -2.70. The number of carbonyl (C=O) groups is 1. The molecule has 0 aromatic carbocycles. The van der Waals surface area contributed by atoms with Crippen LogP contribution in [0.25, 0.3) is 0 Å². The third kappa shape index (κ3) is 2.94. The first-order valence-electron chi connectivity index (χ1n) is 11.3. The van der Waals surface area contributed by atoms with E-state index in [1.54, 1.807) is 0 Å². The first-order valence-corrected chi connectivity index (χ1v) is 11.3. The van der Waals surface area contributed by atoms with E-state index in [0.29, 0.717) is 24.2 Å². The normalized spacial score (nSPS) is 50.8. The molecule has 0 aromatic heterocycles. The van der Waals surface area contributed by atoms with E-state index in [4.69, 9.17) is 24.0 Å². The Labute approximate surface area is 167 Å². The van der Waals surface area contributed by atoms with Crippen LogP contribution in [0.1, 0.15) is 78.6 Å². The summed E-state index contributed by atoms with van der Waals surface area (Å²) in [5, 5.41) is 0. The molecule has 6 fully saturated rings. The molecule has 6 nitrogen and oxygen atoms in total. The van der Waals surface area contributed by atoms with Crippen LogP contribution in [0, 0.1) is 29.6 Å². The van der Waals surface area contributed by atoms with Crippen molar-refractivity contribution in [1.82, 2.24) is 0 Å². The molecular weight excluding hydrogens is 360 g/mol. The predicted octanol–water partition coefficient (Wildman–Crippen LogP) is 4.32. The number of hydrogen-bond donors (Lipinski definition) is 0. The van der Waals surface area contributed by atoms with Gasteiger partial charge in [0.15, 0.2) is 11.9 Å². The van der Waals surface area contributed by atoms with Gasteiger partial charge < -0.3 is 14.2 Å². The average Bonchev–Trinajstić information content (AvgIpc) is 3.05. The van der Waals surface area contributed by atoms with Gasteiger partial charge in [0.25, 0.3) is 0 Å². The molecule has 0 N–H and O–H groups in total. The summed E-state index contributed by atoms with van der Waals surface area (Å²) in [5.74, 6) is 0.645. The van der Waals surface area contributed by atoms with Crippen molar-refractivity contribution in [3.8, 4) is 0 Å². The van der Waals surface area contributed by atoms with Crippen molar-refractivity contribution in [2.24, 2.45) is 29.6 Å². The van der Waals surface area contributed by atoms with Crippen LogP contribution in [0.15, 0.2) is 0 Å². The Hall–Kier alpha value is -0.690. The third-order valence-corrected chi connectivity index (χ3v) is 8.27. The Morgan fingerprint density at radius 2 is 1.82 bits per heavy atom. The van der Waals surface area contributed by atoms with Crippen molar-refractivity contribution >= 4 is 5.97 Å². The first-order chi connectivity index (χ1) is 13.4. The zero-order chi connectivity index (χ0) is 19.5. The van der Waals surface area contributed by atoms with E-state index in [0.717, 1.165) is 38.5 Å². The molecule has 28 heavy (non-hydrogen) atoms. The quantitative estimate of drug-likeness (QED) is 0.525. The van der Waals surface area contributed by atoms with Gasteiger partial charge in [-0.05, 0) is 56.8 Å². The number of hydrogen-bond acceptors (Lipinski definition) is 6. The highest BCUT2D eigenvalue weighted by molar-refractivity contribution is 5.69. The summed E-state index contributed by atoms with van der Waals surface area (Å²) in [6.45, 7) is 6.34. The molecule has 4 aliphatic heterocycles. The number of rotatable bonds is 3. The van der Waals surface area contributed by atoms with Crippen LogP contribution >= 0.6 is 0 Å². The molecule has 6 rings (SSSR count). The highest BCUT2D eigenvalue weighted by Gasteiger charge is 2.69. The van der Waals surface area contributed by atoms with Crippen molar-refractivity contribution in [3.63, 3.8) is 0 Å². The fraction of sp³-hybridized carbons (Fsp3) is 0.955. The number of carbonyl (C=O) groups excluding carboxylic acids is 1. The summed E-state index contributed by atoms with van der Waals surface area (Å²) in [6, 6.07) is 0. The molecule has 0 amide bonds. The maximum absolute atomic E-state index is 12.6. The molecule has 8 atom stereocenters. The lowest BCUT2D eigenvalue weighted by molar-refractivity contribution is -0.576. The van der Waals surface area contributed by atoms with Crippen molar-refractivity contribution in [1.29, 1.82) is 0 Å². The zero-order valence-corrected chi connectivity index (χ0v) is 17.4. The average molecular weight is 395 g/mol. The van der Waals surface area contributed by atoms with E-state index in [1.165, 1.54) is 12.8 Å². The first kappa shape index (κ1) is 19.3. The molecule has 2 saturated carbocycles. The van der Waals surface area contributed by atoms with Crippen molar-refractivity contribution in [2.45, 2.75) is 103 Å². The molecule has 1 spiro atoms. The van der Waals surface area contributed by atoms with Crippen molar-refractivity contribution in [3.05, 3.63) is 0 Å². The monoisotopic (exact) mass is 394 g/mol. The van der Waals surface area contributed by atoms with Crippen LogP contribution < -0.4 is 0 Å². The minimum absolute atomic E-state index is 0.0495. The van der Waals surface area contributed by atoms with Gasteiger partial charge in [0.05, 0.1) is 0 Å². The predicted molar refractivity (Wildman–Crippen MR) is 99.5 cm³/mol. The maximum Gasteiger partial charge on any atom is 0.308 e. The molecule has 6 aliphatic rings. The third-order valence-electron chi connectivity index (χ3n) is 8.27. The van der Waals surface area contributed by atoms with Gasteiger partial charge >= 0.3 is 5.97 Å². The van der Waals surface area contributed by atoms with Gasteiger partial charge in [-0.15, -0.1) is 0 Å². The summed E-state index contributed by atoms with van der Waals surface area (Å²) >= 11 is 0. The number of ether oxygens (including phenoxy) is 3. The highest BCUT2D eigenvalue weighted by Crippen LogP contribution is 2.60. The van der Waals surface area contributed by atoms with E-state index in [2.05, 4.69) is 13.8 Å². The van der Waals surface area contributed by atoms with Crippen LogP contribution in [0.2, 0.25) is 0 Å². The van der Waals surface area contributed by atoms with Crippen LogP contribution in [0.3, 0.4) is 0 Å². The maximum atomic E-state index is 12.6. The lowest BCUT2D eigenvalue weighted by Gasteiger charge is -2.59. The minimum atomic E-state index is -0.795. The molecule has 0 unspecified atom stereocenters. The van der Waals surface area contributed by atoms with E-state index in [-0.39, 0.29) is 17.8 Å². The molecular formula is C22H34O6. The molecule has 2 bridgehead atoms. The Balaban J connectivity index is 1.38. The Kier molecular flexibility index (Phi) is 4.77. The summed E-state index contributed by atoms with van der Waals surface area (Å²) in [5.41, 5.74) is -0.596. The molecule has 4 heterocycles. The molecule has 6 heteroatoms. The summed E-state index contributed by atoms with van der Waals surface area (Å²) < 4.78 is 18.5. The molecule has 4 saturated heterocycles. The van der Waals surface area contributed by atoms with Gasteiger partial charge in [0.1, 0.15) is 0 Å². The van der Waals surface area contributed by atoms with Crippen LogP contribution in [-0.2, 0) is 28.8 Å². The topological polar surface area (TPSA) is 63.2 Å². The molecule has 0 radical (unpaired) electrons. The van der Waals surface area contributed by atoms with Crippen LogP contribution in [-0.4, -0.2) is 29.9 Å². The smallest absolute Gasteiger partial charge is 0.308 e. The lowest BCUT2D eigenvalue weighted by atomic mass is 9.58. The fourth-order valence-electron chi connectivity index (χ4n) is 6.63. The Morgan fingerprint density at radius 1 is 1.04 bits per heavy atom. The van der Waals surface area contributed by atoms with E-state index < -0.39 is 24.0 Å². The van der Waals surface area contributed by atoms with E-state index in [1.807, 2.05) is 6.92 Å². The van der Waals surface area contributed by atoms with Gasteiger partial charge in [0.2, 0.25) is 12.1 Å². The number of fused-ring (bicyclic) bond motifs is 2. The van der Waals surface area contributed by atoms with Crippen molar-refractivity contribution < 1.29 is 28.8 Å². The Bertz CT molecular complexity index is 618. The highest BCUT2D eigenvalue weighted by atomic mass is 17.3. The standard InChI is InChI=1S/C22H34O6/c1-13-8-9-17-14(2)19(24-18(23)12-15-6-4-5-7-15)25-20-22(17)16(13)10-11-21(3,26-20)27-28-22/h13-17,19-20H,4-12H2,1-3H3/t13-,14+,16+,17-,19-,20+,21-,22-/m1/s1. The largest absolute Gasteiger partial charge is 0.435 e. The summed E-state index contributed by atoms with van der Waals surface area (Å²) in [4.78, 5) is 24.5. The second-order valence-electron chi connectivity index (χ2n) is 10.1. The number of esters is 1. The Morgan fingerprint density at radius 3 is 2.61 bits per heavy atom. The fourth-order valence-corrected chi connectivity index (χ4v) is 6.63. The van der Waals surface area contributed by atoms with E-state index in [9.17, 15) is 4.79 Å². The van der Waals surface area contributed by atoms with Crippen LogP contribution in [0.4, 0.5) is 0 Å². The zero-order valence-electron chi connectivity index (χ0n) is 17.4. The van der Waals surface area contributed by atoms with Gasteiger partial charge in [-0.3, -0.25) is 4.79 Å². The SMILES string of the molecule is C[C@@H]1[C@H](OC(=O)CC2CCCC2)O[C@H]2O[C@@]3(C)CC[C@H]4[C@H](C)CC[C@H]1[C@@]24OO3. The van der Waals surface area contributed by atoms with Gasteiger partial charge in [-0.1, -0.05) is 26.7 Å². The van der Waals surface area contributed by atoms with Gasteiger partial charge in [-0.2, -0.15) is 0 Å². The summed E-state index contributed by atoms with van der Waals surface area (Å²) in [6.07, 6.45) is 8.06. The molecule has 0 aromatic rings. The molecule has 158 valence electrons. The minimum Gasteiger partial charge on any atom is -0.435 e. The second-order valence-corrected chi connectivity index (χ2v) is 10.1. The van der Waals surface area contributed by atoms with Crippen molar-refractivity contribution in [2.75, 3.05) is 0 Å². The van der Waals surface area contributed by atoms with Gasteiger partial charge in [-0.25, -0.2) is 9.78 Å². The second kappa shape index (κ2) is 6.93.